The topological polar surface area (TPSA) is 26.7 Å². The Kier molecular flexibility index (Phi) is 3.92. The third kappa shape index (κ3) is 3.12. The quantitative estimate of drug-likeness (QED) is 0.896. The van der Waals surface area contributed by atoms with Gasteiger partial charge in [-0.25, -0.2) is 0 Å². The molecule has 94 valence electrons. The highest BCUT2D eigenvalue weighted by Crippen LogP contribution is 2.25. The van der Waals surface area contributed by atoms with Gasteiger partial charge in [-0.05, 0) is 38.7 Å². The molecular formula is C13H19ClN2O. The summed E-state index contributed by atoms with van der Waals surface area (Å²) >= 11 is 5.94. The first kappa shape index (κ1) is 12.7. The van der Waals surface area contributed by atoms with Crippen LogP contribution in [0.4, 0.5) is 0 Å². The first-order valence-corrected chi connectivity index (χ1v) is 6.30. The zero-order chi connectivity index (χ0) is 12.4. The molecular weight excluding hydrogens is 236 g/mol. The number of hydrogen-bond acceptors (Lipinski definition) is 3. The maximum Gasteiger partial charge on any atom is 0.120 e. The van der Waals surface area contributed by atoms with Crippen LogP contribution in [-0.4, -0.2) is 48.1 Å². The summed E-state index contributed by atoms with van der Waals surface area (Å²) < 4.78 is 0. The fourth-order valence-electron chi connectivity index (χ4n) is 2.30. The van der Waals surface area contributed by atoms with E-state index in [-0.39, 0.29) is 0 Å². The Hall–Kier alpha value is -0.770. The maximum absolute atomic E-state index is 9.77. The van der Waals surface area contributed by atoms with E-state index in [1.165, 1.54) is 6.42 Å². The van der Waals surface area contributed by atoms with Crippen LogP contribution in [0.2, 0.25) is 5.02 Å². The van der Waals surface area contributed by atoms with Crippen LogP contribution >= 0.6 is 11.6 Å². The molecule has 1 aromatic carbocycles. The van der Waals surface area contributed by atoms with Crippen LogP contribution in [0.5, 0.6) is 5.75 Å². The van der Waals surface area contributed by atoms with E-state index in [1.807, 2.05) is 6.07 Å². The minimum atomic E-state index is 0.336. The van der Waals surface area contributed by atoms with E-state index in [1.54, 1.807) is 12.1 Å². The lowest BCUT2D eigenvalue weighted by atomic mass is 10.2. The first-order valence-electron chi connectivity index (χ1n) is 5.92. The van der Waals surface area contributed by atoms with Gasteiger partial charge in [0.25, 0.3) is 0 Å². The van der Waals surface area contributed by atoms with Gasteiger partial charge in [-0.1, -0.05) is 11.6 Å². The Morgan fingerprint density at radius 2 is 2.24 bits per heavy atom. The molecule has 1 aliphatic rings. The van der Waals surface area contributed by atoms with Crippen molar-refractivity contribution in [1.82, 2.24) is 9.80 Å². The van der Waals surface area contributed by atoms with Crippen molar-refractivity contribution in [3.05, 3.63) is 28.8 Å². The molecule has 3 nitrogen and oxygen atoms in total. The maximum atomic E-state index is 9.77. The zero-order valence-electron chi connectivity index (χ0n) is 10.4. The molecule has 0 amide bonds. The number of nitrogens with zero attached hydrogens (tertiary/aromatic N) is 2. The number of likely N-dealkylation sites (tertiary alicyclic amines) is 1. The molecule has 0 radical (unpaired) electrons. The van der Waals surface area contributed by atoms with Gasteiger partial charge in [-0.2, -0.15) is 0 Å². The second-order valence-electron chi connectivity index (χ2n) is 4.91. The third-order valence-corrected chi connectivity index (χ3v) is 3.65. The summed E-state index contributed by atoms with van der Waals surface area (Å²) in [5.41, 5.74) is 0.914. The SMILES string of the molecule is CN(C)C1CCN(Cc2cc(Cl)ccc2O)C1. The third-order valence-electron chi connectivity index (χ3n) is 3.41. The molecule has 0 aliphatic carbocycles. The second-order valence-corrected chi connectivity index (χ2v) is 5.35. The molecule has 1 unspecified atom stereocenters. The zero-order valence-corrected chi connectivity index (χ0v) is 11.1. The summed E-state index contributed by atoms with van der Waals surface area (Å²) in [4.78, 5) is 4.62. The van der Waals surface area contributed by atoms with Crippen LogP contribution in [0.25, 0.3) is 0 Å². The van der Waals surface area contributed by atoms with E-state index in [9.17, 15) is 5.11 Å². The summed E-state index contributed by atoms with van der Waals surface area (Å²) in [6.45, 7) is 2.91. The van der Waals surface area contributed by atoms with Gasteiger partial charge in [0.2, 0.25) is 0 Å². The van der Waals surface area contributed by atoms with Crippen molar-refractivity contribution >= 4 is 11.6 Å². The molecule has 2 rings (SSSR count). The predicted octanol–water partition coefficient (Wildman–Crippen LogP) is 2.18. The normalized spacial score (nSPS) is 21.3. The lowest BCUT2D eigenvalue weighted by molar-refractivity contribution is 0.263. The van der Waals surface area contributed by atoms with Gasteiger partial charge in [0.05, 0.1) is 0 Å². The molecule has 1 atom stereocenters. The summed E-state index contributed by atoms with van der Waals surface area (Å²) in [5, 5.41) is 10.5. The average molecular weight is 255 g/mol. The van der Waals surface area contributed by atoms with Gasteiger partial charge in [0.15, 0.2) is 0 Å². The number of rotatable bonds is 3. The van der Waals surface area contributed by atoms with E-state index in [2.05, 4.69) is 23.9 Å². The highest BCUT2D eigenvalue weighted by atomic mass is 35.5. The average Bonchev–Trinajstić information content (AvgIpc) is 2.72. The molecule has 4 heteroatoms. The predicted molar refractivity (Wildman–Crippen MR) is 70.5 cm³/mol. The summed E-state index contributed by atoms with van der Waals surface area (Å²) in [5.74, 6) is 0.336. The van der Waals surface area contributed by atoms with Gasteiger partial charge in [0.1, 0.15) is 5.75 Å². The molecule has 1 aliphatic heterocycles. The number of benzene rings is 1. The van der Waals surface area contributed by atoms with Crippen molar-refractivity contribution in [3.8, 4) is 5.75 Å². The molecule has 0 bridgehead atoms. The summed E-state index contributed by atoms with van der Waals surface area (Å²) in [7, 11) is 4.23. The van der Waals surface area contributed by atoms with Crippen molar-refractivity contribution < 1.29 is 5.11 Å². The van der Waals surface area contributed by atoms with E-state index in [0.29, 0.717) is 16.8 Å². The Bertz CT molecular complexity index is 395. The molecule has 0 aromatic heterocycles. The molecule has 17 heavy (non-hydrogen) atoms. The van der Waals surface area contributed by atoms with Crippen LogP contribution in [0.1, 0.15) is 12.0 Å². The fourth-order valence-corrected chi connectivity index (χ4v) is 2.49. The van der Waals surface area contributed by atoms with Crippen molar-refractivity contribution in [2.24, 2.45) is 0 Å². The van der Waals surface area contributed by atoms with Gasteiger partial charge < -0.3 is 10.0 Å². The molecule has 1 saturated heterocycles. The highest BCUT2D eigenvalue weighted by Gasteiger charge is 2.24. The molecule has 1 fully saturated rings. The lowest BCUT2D eigenvalue weighted by Gasteiger charge is -2.20. The number of halogens is 1. The van der Waals surface area contributed by atoms with Gasteiger partial charge in [-0.15, -0.1) is 0 Å². The monoisotopic (exact) mass is 254 g/mol. The van der Waals surface area contributed by atoms with Gasteiger partial charge >= 0.3 is 0 Å². The Morgan fingerprint density at radius 3 is 2.88 bits per heavy atom. The molecule has 1 heterocycles. The van der Waals surface area contributed by atoms with Crippen LogP contribution in [0, 0.1) is 0 Å². The molecule has 0 saturated carbocycles. The van der Waals surface area contributed by atoms with Crippen LogP contribution < -0.4 is 0 Å². The minimum Gasteiger partial charge on any atom is -0.508 e. The van der Waals surface area contributed by atoms with E-state index < -0.39 is 0 Å². The van der Waals surface area contributed by atoms with Crippen LogP contribution in [-0.2, 0) is 6.54 Å². The summed E-state index contributed by atoms with van der Waals surface area (Å²) in [6, 6.07) is 5.85. The van der Waals surface area contributed by atoms with E-state index in [0.717, 1.165) is 25.2 Å². The van der Waals surface area contributed by atoms with Gasteiger partial charge in [-0.3, -0.25) is 4.90 Å². The molecule has 0 spiro atoms. The van der Waals surface area contributed by atoms with E-state index >= 15 is 0 Å². The number of hydrogen-bond donors (Lipinski definition) is 1. The Labute approximate surface area is 108 Å². The van der Waals surface area contributed by atoms with Crippen molar-refractivity contribution in [3.63, 3.8) is 0 Å². The fraction of sp³-hybridized carbons (Fsp3) is 0.538. The van der Waals surface area contributed by atoms with Crippen LogP contribution in [0.3, 0.4) is 0 Å². The minimum absolute atomic E-state index is 0.336. The van der Waals surface area contributed by atoms with E-state index in [4.69, 9.17) is 11.6 Å². The van der Waals surface area contributed by atoms with Gasteiger partial charge in [0, 0.05) is 36.3 Å². The molecule has 1 aromatic rings. The second kappa shape index (κ2) is 5.25. The number of phenolic OH excluding ortho intramolecular Hbond substituents is 1. The van der Waals surface area contributed by atoms with Crippen molar-refractivity contribution in [1.29, 1.82) is 0 Å². The largest absolute Gasteiger partial charge is 0.508 e. The number of likely N-dealkylation sites (N-methyl/N-ethyl adjacent to an activating group) is 1. The standard InChI is InChI=1S/C13H19ClN2O/c1-15(2)12-5-6-16(9-12)8-10-7-11(14)3-4-13(10)17/h3-4,7,12,17H,5-6,8-9H2,1-2H3. The van der Waals surface area contributed by atoms with Crippen molar-refractivity contribution in [2.45, 2.75) is 19.0 Å². The van der Waals surface area contributed by atoms with Crippen molar-refractivity contribution in [2.75, 3.05) is 27.2 Å². The van der Waals surface area contributed by atoms with Crippen LogP contribution in [0.15, 0.2) is 18.2 Å². The highest BCUT2D eigenvalue weighted by molar-refractivity contribution is 6.30. The smallest absolute Gasteiger partial charge is 0.120 e. The number of phenols is 1. The summed E-state index contributed by atoms with van der Waals surface area (Å²) in [6.07, 6.45) is 1.19. The lowest BCUT2D eigenvalue weighted by Crippen LogP contribution is -2.31. The molecule has 1 N–H and O–H groups in total. The Morgan fingerprint density at radius 1 is 1.47 bits per heavy atom. The number of aromatic hydroxyl groups is 1. The Balaban J connectivity index is 2.00. The first-order chi connectivity index (χ1) is 8.06.